The van der Waals surface area contributed by atoms with Crippen molar-refractivity contribution in [2.45, 2.75) is 31.8 Å². The van der Waals surface area contributed by atoms with Crippen LogP contribution in [0.3, 0.4) is 0 Å². The second-order valence-corrected chi connectivity index (χ2v) is 8.33. The van der Waals surface area contributed by atoms with E-state index in [1.807, 2.05) is 49.9 Å². The molecule has 0 saturated carbocycles. The van der Waals surface area contributed by atoms with Crippen molar-refractivity contribution in [1.29, 1.82) is 0 Å². The van der Waals surface area contributed by atoms with Gasteiger partial charge in [0.25, 0.3) is 0 Å². The molecule has 0 saturated heterocycles. The van der Waals surface area contributed by atoms with Crippen LogP contribution in [0.1, 0.15) is 23.4 Å². The number of fused-ring (bicyclic) bond motifs is 1. The molecule has 29 heavy (non-hydrogen) atoms. The molecule has 2 N–H and O–H groups in total. The molecule has 1 amide bonds. The van der Waals surface area contributed by atoms with Crippen LogP contribution >= 0.6 is 23.1 Å². The van der Waals surface area contributed by atoms with Gasteiger partial charge in [0.1, 0.15) is 0 Å². The molecule has 1 aromatic carbocycles. The molecule has 6 nitrogen and oxygen atoms in total. The maximum Gasteiger partial charge on any atom is 0.226 e. The molecule has 148 valence electrons. The number of carbonyl (C=O) groups is 1. The zero-order chi connectivity index (χ0) is 20.4. The van der Waals surface area contributed by atoms with Gasteiger partial charge in [0.05, 0.1) is 5.69 Å². The molecule has 0 aliphatic rings. The predicted octanol–water partition coefficient (Wildman–Crippen LogP) is 4.99. The number of aromatic amines is 1. The molecule has 3 aromatic heterocycles. The van der Waals surface area contributed by atoms with Gasteiger partial charge >= 0.3 is 0 Å². The minimum atomic E-state index is -0.0578. The summed E-state index contributed by atoms with van der Waals surface area (Å²) in [5.41, 5.74) is 5.87. The molecule has 0 unspecified atom stereocenters. The highest BCUT2D eigenvalue weighted by Crippen LogP contribution is 2.31. The Hall–Kier alpha value is -2.71. The van der Waals surface area contributed by atoms with Gasteiger partial charge in [-0.1, -0.05) is 30.0 Å². The molecular formula is C21H21N5OS2. The SMILES string of the molecule is CSc1nc(C)c(CCC(=O)Nc2nc(-c3c[nH]c4ccccc34)cs2)c(C)n1. The number of anilines is 1. The van der Waals surface area contributed by atoms with E-state index in [1.54, 1.807) is 0 Å². The Bertz CT molecular complexity index is 1160. The smallest absolute Gasteiger partial charge is 0.226 e. The quantitative estimate of drug-likeness (QED) is 0.337. The van der Waals surface area contributed by atoms with Gasteiger partial charge in [0.2, 0.25) is 5.91 Å². The van der Waals surface area contributed by atoms with Gasteiger partial charge in [-0.3, -0.25) is 4.79 Å². The molecule has 0 fully saturated rings. The van der Waals surface area contributed by atoms with Crippen molar-refractivity contribution in [1.82, 2.24) is 19.9 Å². The summed E-state index contributed by atoms with van der Waals surface area (Å²) < 4.78 is 0. The van der Waals surface area contributed by atoms with Crippen LogP contribution in [0.2, 0.25) is 0 Å². The average molecular weight is 424 g/mol. The lowest BCUT2D eigenvalue weighted by atomic mass is 10.1. The number of benzene rings is 1. The Kier molecular flexibility index (Phi) is 5.64. The number of para-hydroxylation sites is 1. The van der Waals surface area contributed by atoms with Crippen LogP contribution < -0.4 is 5.32 Å². The molecule has 0 bridgehead atoms. The van der Waals surface area contributed by atoms with Crippen molar-refractivity contribution in [3.8, 4) is 11.3 Å². The minimum Gasteiger partial charge on any atom is -0.360 e. The van der Waals surface area contributed by atoms with E-state index in [4.69, 9.17) is 0 Å². The Morgan fingerprint density at radius 3 is 2.69 bits per heavy atom. The number of hydrogen-bond donors (Lipinski definition) is 2. The van der Waals surface area contributed by atoms with Gasteiger partial charge in [-0.05, 0) is 38.2 Å². The maximum absolute atomic E-state index is 12.4. The molecule has 0 radical (unpaired) electrons. The van der Waals surface area contributed by atoms with Gasteiger partial charge in [0.15, 0.2) is 10.3 Å². The first-order valence-corrected chi connectivity index (χ1v) is 11.4. The molecule has 0 aliphatic heterocycles. The molecule has 0 atom stereocenters. The van der Waals surface area contributed by atoms with Crippen LogP contribution in [0.25, 0.3) is 22.2 Å². The summed E-state index contributed by atoms with van der Waals surface area (Å²) in [6.07, 6.45) is 4.89. The molecule has 4 rings (SSSR count). The monoisotopic (exact) mass is 423 g/mol. The summed E-state index contributed by atoms with van der Waals surface area (Å²) in [7, 11) is 0. The van der Waals surface area contributed by atoms with Crippen LogP contribution in [-0.4, -0.2) is 32.1 Å². The maximum atomic E-state index is 12.4. The first-order valence-electron chi connectivity index (χ1n) is 9.25. The molecule has 8 heteroatoms. The van der Waals surface area contributed by atoms with Gasteiger partial charge in [-0.15, -0.1) is 11.3 Å². The van der Waals surface area contributed by atoms with Crippen LogP contribution in [-0.2, 0) is 11.2 Å². The Morgan fingerprint density at radius 2 is 1.93 bits per heavy atom. The van der Waals surface area contributed by atoms with E-state index < -0.39 is 0 Å². The normalized spacial score (nSPS) is 11.1. The van der Waals surface area contributed by atoms with Crippen molar-refractivity contribution in [2.75, 3.05) is 11.6 Å². The van der Waals surface area contributed by atoms with Crippen molar-refractivity contribution < 1.29 is 4.79 Å². The Labute approximate surface area is 177 Å². The zero-order valence-corrected chi connectivity index (χ0v) is 18.1. The summed E-state index contributed by atoms with van der Waals surface area (Å²) in [5.74, 6) is -0.0578. The standard InChI is InChI=1S/C21H21N5OS2/c1-12-14(13(2)24-20(23-12)28-3)8-9-19(27)26-21-25-18(11-29-21)16-10-22-17-7-5-4-6-15(16)17/h4-7,10-11,22H,8-9H2,1-3H3,(H,25,26,27). The van der Waals surface area contributed by atoms with Crippen molar-refractivity contribution in [3.63, 3.8) is 0 Å². The molecular weight excluding hydrogens is 402 g/mol. The van der Waals surface area contributed by atoms with Crippen LogP contribution in [0.5, 0.6) is 0 Å². The van der Waals surface area contributed by atoms with E-state index in [-0.39, 0.29) is 5.91 Å². The lowest BCUT2D eigenvalue weighted by Crippen LogP contribution is -2.13. The predicted molar refractivity (Wildman–Crippen MR) is 120 cm³/mol. The van der Waals surface area contributed by atoms with Crippen molar-refractivity contribution in [3.05, 3.63) is 52.8 Å². The first kappa shape index (κ1) is 19.6. The highest BCUT2D eigenvalue weighted by Gasteiger charge is 2.13. The third-order valence-corrected chi connectivity index (χ3v) is 6.11. The fraction of sp³-hybridized carbons (Fsp3) is 0.238. The minimum absolute atomic E-state index is 0.0578. The number of amides is 1. The lowest BCUT2D eigenvalue weighted by molar-refractivity contribution is -0.116. The summed E-state index contributed by atoms with van der Waals surface area (Å²) in [5, 5.41) is 7.38. The molecule has 4 aromatic rings. The van der Waals surface area contributed by atoms with Crippen molar-refractivity contribution >= 4 is 45.0 Å². The fourth-order valence-electron chi connectivity index (χ4n) is 3.32. The van der Waals surface area contributed by atoms with Crippen molar-refractivity contribution in [2.24, 2.45) is 0 Å². The Balaban J connectivity index is 1.42. The Morgan fingerprint density at radius 1 is 1.17 bits per heavy atom. The summed E-state index contributed by atoms with van der Waals surface area (Å²) in [6.45, 7) is 3.94. The molecule has 0 aliphatic carbocycles. The zero-order valence-electron chi connectivity index (χ0n) is 16.4. The van der Waals surface area contributed by atoms with E-state index in [2.05, 4.69) is 31.3 Å². The number of thiazole rings is 1. The number of rotatable bonds is 6. The fourth-order valence-corrected chi connectivity index (χ4v) is 4.50. The van der Waals surface area contributed by atoms with E-state index in [9.17, 15) is 4.79 Å². The number of aromatic nitrogens is 4. The number of H-pyrrole nitrogens is 1. The van der Waals surface area contributed by atoms with E-state index in [1.165, 1.54) is 23.1 Å². The number of aryl methyl sites for hydroxylation is 2. The van der Waals surface area contributed by atoms with Crippen LogP contribution in [0, 0.1) is 13.8 Å². The number of nitrogens with zero attached hydrogens (tertiary/aromatic N) is 3. The first-order chi connectivity index (χ1) is 14.0. The van der Waals surface area contributed by atoms with Gasteiger partial charge in [0, 0.05) is 45.9 Å². The van der Waals surface area contributed by atoms with Gasteiger partial charge in [-0.25, -0.2) is 15.0 Å². The number of carbonyl (C=O) groups excluding carboxylic acids is 1. The number of thioether (sulfide) groups is 1. The summed E-state index contributed by atoms with van der Waals surface area (Å²) in [4.78, 5) is 29.3. The largest absolute Gasteiger partial charge is 0.360 e. The highest BCUT2D eigenvalue weighted by atomic mass is 32.2. The second-order valence-electron chi connectivity index (χ2n) is 6.69. The van der Waals surface area contributed by atoms with Gasteiger partial charge < -0.3 is 10.3 Å². The van der Waals surface area contributed by atoms with Gasteiger partial charge in [-0.2, -0.15) is 0 Å². The number of hydrogen-bond acceptors (Lipinski definition) is 6. The third-order valence-electron chi connectivity index (χ3n) is 4.80. The summed E-state index contributed by atoms with van der Waals surface area (Å²) >= 11 is 2.96. The van der Waals surface area contributed by atoms with E-state index >= 15 is 0 Å². The second kappa shape index (κ2) is 8.34. The van der Waals surface area contributed by atoms with Crippen LogP contribution in [0.15, 0.2) is 41.0 Å². The topological polar surface area (TPSA) is 83.6 Å². The molecule has 0 spiro atoms. The number of nitrogens with one attached hydrogen (secondary N) is 2. The molecule has 3 heterocycles. The average Bonchev–Trinajstić information content (AvgIpc) is 3.33. The highest BCUT2D eigenvalue weighted by molar-refractivity contribution is 7.98. The third kappa shape index (κ3) is 4.18. The van der Waals surface area contributed by atoms with E-state index in [0.717, 1.165) is 44.3 Å². The van der Waals surface area contributed by atoms with Crippen LogP contribution in [0.4, 0.5) is 5.13 Å². The summed E-state index contributed by atoms with van der Waals surface area (Å²) in [6, 6.07) is 8.10. The lowest BCUT2D eigenvalue weighted by Gasteiger charge is -2.09. The van der Waals surface area contributed by atoms with E-state index in [0.29, 0.717) is 18.0 Å².